The van der Waals surface area contributed by atoms with Gasteiger partial charge in [-0.1, -0.05) is 54.6 Å². The molecule has 144 valence electrons. The predicted octanol–water partition coefficient (Wildman–Crippen LogP) is 4.55. The molecule has 1 saturated heterocycles. The third-order valence-electron chi connectivity index (χ3n) is 8.67. The van der Waals surface area contributed by atoms with Crippen LogP contribution in [0.2, 0.25) is 0 Å². The van der Waals surface area contributed by atoms with Gasteiger partial charge in [0, 0.05) is 0 Å². The van der Waals surface area contributed by atoms with Gasteiger partial charge in [-0.25, -0.2) is 0 Å². The minimum absolute atomic E-state index is 0.0603. The monoisotopic (exact) mass is 381 g/mol. The molecule has 7 rings (SSSR count). The average molecular weight is 381 g/mol. The topological polar surface area (TPSA) is 37.4 Å². The zero-order valence-electron chi connectivity index (χ0n) is 16.1. The highest BCUT2D eigenvalue weighted by Crippen LogP contribution is 2.70. The molecule has 8 atom stereocenters. The Balaban J connectivity index is 1.22. The van der Waals surface area contributed by atoms with Gasteiger partial charge in [0.05, 0.1) is 17.5 Å². The molecule has 2 amide bonds. The van der Waals surface area contributed by atoms with Crippen LogP contribution in [0.3, 0.4) is 0 Å². The standard InChI is InChI=1S/C26H23NO2/c28-25-23-19-13-20(22-17-7-6-16(12-17)21(19)22)24(23)26(29)27(25)18-10-8-15(9-11-18)14-4-2-1-3-5-14/h1-11,16-17,19-24H,12-13H2. The molecule has 0 aromatic heterocycles. The van der Waals surface area contributed by atoms with Gasteiger partial charge in [-0.15, -0.1) is 0 Å². The molecule has 2 aromatic rings. The highest BCUT2D eigenvalue weighted by molar-refractivity contribution is 6.22. The summed E-state index contributed by atoms with van der Waals surface area (Å²) in [6.07, 6.45) is 7.14. The summed E-state index contributed by atoms with van der Waals surface area (Å²) in [6, 6.07) is 18.1. The summed E-state index contributed by atoms with van der Waals surface area (Å²) in [5.41, 5.74) is 2.98. The SMILES string of the molecule is O=C1C2C3CC(C2C(=O)N1c1ccc(-c2ccccc2)cc1)C1C2C=CC(C2)C31. The number of allylic oxidation sites excluding steroid dienone is 2. The summed E-state index contributed by atoms with van der Waals surface area (Å²) >= 11 is 0. The molecule has 3 nitrogen and oxygen atoms in total. The minimum Gasteiger partial charge on any atom is -0.274 e. The smallest absolute Gasteiger partial charge is 0.237 e. The number of amides is 2. The first-order valence-corrected chi connectivity index (χ1v) is 10.9. The van der Waals surface area contributed by atoms with E-state index in [4.69, 9.17) is 0 Å². The van der Waals surface area contributed by atoms with E-state index in [1.165, 1.54) is 11.3 Å². The molecule has 0 radical (unpaired) electrons. The number of hydrogen-bond donors (Lipinski definition) is 0. The molecule has 1 aliphatic heterocycles. The second-order valence-electron chi connectivity index (χ2n) is 9.64. The Morgan fingerprint density at radius 2 is 1.21 bits per heavy atom. The molecular formula is C26H23NO2. The van der Waals surface area contributed by atoms with E-state index in [2.05, 4.69) is 24.3 Å². The molecule has 8 unspecified atom stereocenters. The van der Waals surface area contributed by atoms with Crippen molar-refractivity contribution in [2.45, 2.75) is 12.8 Å². The van der Waals surface area contributed by atoms with Crippen molar-refractivity contribution < 1.29 is 9.59 Å². The summed E-state index contributed by atoms with van der Waals surface area (Å²) in [5.74, 6) is 3.41. The van der Waals surface area contributed by atoms with Gasteiger partial charge in [-0.2, -0.15) is 0 Å². The van der Waals surface area contributed by atoms with Gasteiger partial charge < -0.3 is 0 Å². The Kier molecular flexibility index (Phi) is 3.05. The van der Waals surface area contributed by atoms with Gasteiger partial charge >= 0.3 is 0 Å². The average Bonchev–Trinajstić information content (AvgIpc) is 3.55. The molecule has 5 aliphatic rings. The predicted molar refractivity (Wildman–Crippen MR) is 111 cm³/mol. The summed E-state index contributed by atoms with van der Waals surface area (Å²) in [6.45, 7) is 0. The van der Waals surface area contributed by atoms with Crippen molar-refractivity contribution in [3.8, 4) is 11.1 Å². The number of rotatable bonds is 2. The van der Waals surface area contributed by atoms with E-state index in [9.17, 15) is 9.59 Å². The summed E-state index contributed by atoms with van der Waals surface area (Å²) in [4.78, 5) is 28.4. The molecule has 4 aliphatic carbocycles. The second-order valence-corrected chi connectivity index (χ2v) is 9.64. The van der Waals surface area contributed by atoms with Crippen LogP contribution in [0.25, 0.3) is 11.1 Å². The molecule has 29 heavy (non-hydrogen) atoms. The van der Waals surface area contributed by atoms with Crippen molar-refractivity contribution in [3.05, 3.63) is 66.7 Å². The quantitative estimate of drug-likeness (QED) is 0.435. The fourth-order valence-corrected chi connectivity index (χ4v) is 7.81. The second kappa shape index (κ2) is 5.47. The number of nitrogens with zero attached hydrogens (tertiary/aromatic N) is 1. The van der Waals surface area contributed by atoms with E-state index >= 15 is 0 Å². The van der Waals surface area contributed by atoms with Crippen molar-refractivity contribution in [3.63, 3.8) is 0 Å². The number of imide groups is 1. The number of fused-ring (bicyclic) bond motifs is 12. The van der Waals surface area contributed by atoms with Gasteiger partial charge in [-0.05, 0) is 71.6 Å². The van der Waals surface area contributed by atoms with E-state index in [0.29, 0.717) is 35.5 Å². The first-order valence-electron chi connectivity index (χ1n) is 10.9. The third kappa shape index (κ3) is 1.94. The summed E-state index contributed by atoms with van der Waals surface area (Å²) < 4.78 is 0. The molecule has 2 aromatic carbocycles. The number of carbonyl (C=O) groups excluding carboxylic acids is 2. The van der Waals surface area contributed by atoms with Crippen molar-refractivity contribution in [2.24, 2.45) is 47.3 Å². The fourth-order valence-electron chi connectivity index (χ4n) is 7.81. The van der Waals surface area contributed by atoms with Gasteiger partial charge in [0.1, 0.15) is 0 Å². The van der Waals surface area contributed by atoms with Crippen LogP contribution in [-0.2, 0) is 9.59 Å². The van der Waals surface area contributed by atoms with Gasteiger partial charge in [0.2, 0.25) is 11.8 Å². The molecule has 3 heteroatoms. The van der Waals surface area contributed by atoms with Crippen molar-refractivity contribution in [1.29, 1.82) is 0 Å². The van der Waals surface area contributed by atoms with Crippen LogP contribution in [0.5, 0.6) is 0 Å². The molecule has 4 fully saturated rings. The Bertz CT molecular complexity index is 1010. The Labute approximate surface area is 170 Å². The van der Waals surface area contributed by atoms with E-state index in [1.54, 1.807) is 0 Å². The van der Waals surface area contributed by atoms with Crippen LogP contribution < -0.4 is 4.90 Å². The van der Waals surface area contributed by atoms with Crippen molar-refractivity contribution in [1.82, 2.24) is 0 Å². The minimum atomic E-state index is -0.0738. The summed E-state index contributed by atoms with van der Waals surface area (Å²) in [5, 5.41) is 0. The summed E-state index contributed by atoms with van der Waals surface area (Å²) in [7, 11) is 0. The van der Waals surface area contributed by atoms with E-state index in [-0.39, 0.29) is 23.7 Å². The molecule has 0 N–H and O–H groups in total. The lowest BCUT2D eigenvalue weighted by Gasteiger charge is -2.36. The normalized spacial score (nSPS) is 40.8. The van der Waals surface area contributed by atoms with Gasteiger partial charge in [0.25, 0.3) is 0 Å². The maximum atomic E-state index is 13.4. The first-order chi connectivity index (χ1) is 14.2. The van der Waals surface area contributed by atoms with E-state index < -0.39 is 0 Å². The lowest BCUT2D eigenvalue weighted by Crippen LogP contribution is -2.38. The molecular weight excluding hydrogens is 358 g/mol. The van der Waals surface area contributed by atoms with Crippen LogP contribution in [0.1, 0.15) is 12.8 Å². The molecule has 0 spiro atoms. The Morgan fingerprint density at radius 1 is 0.655 bits per heavy atom. The van der Waals surface area contributed by atoms with E-state index in [0.717, 1.165) is 23.2 Å². The zero-order chi connectivity index (χ0) is 19.3. The number of benzene rings is 2. The number of anilines is 1. The Hall–Kier alpha value is -2.68. The Morgan fingerprint density at radius 3 is 1.79 bits per heavy atom. The lowest BCUT2D eigenvalue weighted by atomic mass is 9.65. The zero-order valence-corrected chi connectivity index (χ0v) is 16.1. The van der Waals surface area contributed by atoms with Crippen LogP contribution in [-0.4, -0.2) is 11.8 Å². The van der Waals surface area contributed by atoms with Gasteiger partial charge in [-0.3, -0.25) is 14.5 Å². The maximum Gasteiger partial charge on any atom is 0.237 e. The van der Waals surface area contributed by atoms with Crippen LogP contribution >= 0.6 is 0 Å². The van der Waals surface area contributed by atoms with Crippen molar-refractivity contribution >= 4 is 17.5 Å². The van der Waals surface area contributed by atoms with Crippen LogP contribution in [0.15, 0.2) is 66.7 Å². The van der Waals surface area contributed by atoms with Gasteiger partial charge in [0.15, 0.2) is 0 Å². The molecule has 1 heterocycles. The highest BCUT2D eigenvalue weighted by Gasteiger charge is 2.71. The van der Waals surface area contributed by atoms with E-state index in [1.807, 2.05) is 42.5 Å². The highest BCUT2D eigenvalue weighted by atomic mass is 16.2. The maximum absolute atomic E-state index is 13.4. The van der Waals surface area contributed by atoms with Crippen LogP contribution in [0.4, 0.5) is 5.69 Å². The first kappa shape index (κ1) is 16.2. The molecule has 3 saturated carbocycles. The largest absolute Gasteiger partial charge is 0.274 e. The third-order valence-corrected chi connectivity index (χ3v) is 8.67. The lowest BCUT2D eigenvalue weighted by molar-refractivity contribution is -0.123. The number of hydrogen-bond acceptors (Lipinski definition) is 2. The van der Waals surface area contributed by atoms with Crippen molar-refractivity contribution in [2.75, 3.05) is 4.90 Å². The number of carbonyl (C=O) groups is 2. The van der Waals surface area contributed by atoms with Crippen LogP contribution in [0, 0.1) is 47.3 Å². The molecule has 4 bridgehead atoms. The fraction of sp³-hybridized carbons (Fsp3) is 0.385.